The Kier molecular flexibility index (Phi) is 16.8. The number of aryl methyl sites for hydroxylation is 1. The highest BCUT2D eigenvalue weighted by Crippen LogP contribution is 2.38. The summed E-state index contributed by atoms with van der Waals surface area (Å²) in [5, 5.41) is 20.7. The number of cyclic esters (lactones) is 1. The van der Waals surface area contributed by atoms with Crippen LogP contribution in [0.3, 0.4) is 0 Å². The lowest BCUT2D eigenvalue weighted by Gasteiger charge is -2.18. The molecule has 1 aliphatic carbocycles. The van der Waals surface area contributed by atoms with Crippen LogP contribution in [-0.4, -0.2) is 101 Å². The summed E-state index contributed by atoms with van der Waals surface area (Å²) in [6.07, 6.45) is 3.00. The quantitative estimate of drug-likeness (QED) is 0.106. The van der Waals surface area contributed by atoms with Crippen molar-refractivity contribution < 1.29 is 70.7 Å². The molecule has 1 aromatic carbocycles. The molecule has 0 spiro atoms. The average Bonchev–Trinajstić information content (AvgIpc) is 3.90. The Morgan fingerprint density at radius 2 is 1.81 bits per heavy atom. The van der Waals surface area contributed by atoms with Crippen molar-refractivity contribution in [3.05, 3.63) is 56.5 Å². The van der Waals surface area contributed by atoms with Gasteiger partial charge in [0.2, 0.25) is 5.95 Å². The number of carboxylic acid groups (broad SMARTS) is 2. The van der Waals surface area contributed by atoms with Gasteiger partial charge in [-0.05, 0) is 76.0 Å². The van der Waals surface area contributed by atoms with Gasteiger partial charge in [-0.2, -0.15) is 15.0 Å². The van der Waals surface area contributed by atoms with Gasteiger partial charge in [-0.25, -0.2) is 36.8 Å². The molecule has 7 N–H and O–H groups in total. The van der Waals surface area contributed by atoms with Gasteiger partial charge in [0, 0.05) is 18.9 Å². The number of rotatable bonds is 12. The number of hydrogen-bond donors (Lipinski definition) is 6. The molecular weight excluding hydrogens is 868 g/mol. The molecule has 5 rings (SSSR count). The van der Waals surface area contributed by atoms with Gasteiger partial charge in [0.15, 0.2) is 13.1 Å². The monoisotopic (exact) mass is 907 g/mol. The lowest BCUT2D eigenvalue weighted by Crippen LogP contribution is -2.35. The van der Waals surface area contributed by atoms with Gasteiger partial charge in [0.25, 0.3) is 10.0 Å². The van der Waals surface area contributed by atoms with Crippen molar-refractivity contribution in [1.82, 2.24) is 19.7 Å². The van der Waals surface area contributed by atoms with Crippen LogP contribution < -0.4 is 30.1 Å². The third-order valence-electron chi connectivity index (χ3n) is 7.71. The lowest BCUT2D eigenvalue weighted by atomic mass is 10.2. The highest BCUT2D eigenvalue weighted by molar-refractivity contribution is 7.90. The van der Waals surface area contributed by atoms with Gasteiger partial charge in [0.05, 0.1) is 23.9 Å². The van der Waals surface area contributed by atoms with Crippen LogP contribution in [0.15, 0.2) is 39.8 Å². The summed E-state index contributed by atoms with van der Waals surface area (Å²) in [6.45, 7) is 5.98. The van der Waals surface area contributed by atoms with E-state index in [0.717, 1.165) is 49.2 Å². The third kappa shape index (κ3) is 13.9. The van der Waals surface area contributed by atoms with Gasteiger partial charge in [-0.1, -0.05) is 11.6 Å². The number of aliphatic carboxylic acids is 1. The number of nitrogens with one attached hydrogen (secondary N) is 2. The molecule has 59 heavy (non-hydrogen) atoms. The molecule has 21 nitrogen and oxygen atoms in total. The van der Waals surface area contributed by atoms with Crippen LogP contribution in [0, 0.1) is 12.7 Å². The number of nitrogens with zero attached hydrogens (tertiary/aromatic N) is 4. The summed E-state index contributed by atoms with van der Waals surface area (Å²) in [5.41, 5.74) is 5.40. The van der Waals surface area contributed by atoms with Crippen molar-refractivity contribution >= 4 is 81.9 Å². The first-order chi connectivity index (χ1) is 27.4. The third-order valence-corrected chi connectivity index (χ3v) is 11.5. The molecule has 26 heteroatoms. The number of methoxy groups -OCH3 is 1. The normalized spacial score (nSPS) is 15.4. The van der Waals surface area contributed by atoms with E-state index in [2.05, 4.69) is 20.3 Å². The molecule has 2 aromatic heterocycles. The summed E-state index contributed by atoms with van der Waals surface area (Å²) < 4.78 is 66.4. The van der Waals surface area contributed by atoms with E-state index in [-0.39, 0.29) is 58.7 Å². The lowest BCUT2D eigenvalue weighted by molar-refractivity contribution is -0.138. The number of anilines is 2. The second-order valence-corrected chi connectivity index (χ2v) is 18.3. The zero-order valence-electron chi connectivity index (χ0n) is 31.9. The van der Waals surface area contributed by atoms with E-state index in [1.807, 2.05) is 0 Å². The summed E-state index contributed by atoms with van der Waals surface area (Å²) >= 11 is 6.77. The molecule has 3 aromatic rings. The van der Waals surface area contributed by atoms with Crippen LogP contribution in [0.2, 0.25) is 5.02 Å². The standard InChI is InChI=1S/C17H17ClFNO4.C11H11N5O6S2.C5H12NO4P/c1-9(2)15-16(21)20(17(22)24-15)13-8-14(11(18)7-12(13)19)23-10-5-3-4-6-10;1-5-12-9(15-11(13-5)22-2)14-10(19)16-24(20,21)6-3-4-23-7(6)8(17)18;1-11(9,10)3-2-4(6)5(7)8/h7-8,10H,3-6H2,1-2H3;3-4H,1-2H3,(H,17,18)(H2,12,13,14,15,16,19);4H,2-3,6H2,1H3,(H,7,8)(H,9,10). The number of amides is 4. The Morgan fingerprint density at radius 3 is 2.36 bits per heavy atom. The summed E-state index contributed by atoms with van der Waals surface area (Å²) in [4.78, 5) is 77.1. The first-order valence-electron chi connectivity index (χ1n) is 17.0. The highest BCUT2D eigenvalue weighted by atomic mass is 35.5. The second-order valence-electron chi connectivity index (χ2n) is 12.8. The number of imide groups is 1. The Hall–Kier alpha value is -5.26. The molecule has 2 fully saturated rings. The van der Waals surface area contributed by atoms with E-state index in [1.165, 1.54) is 32.1 Å². The minimum atomic E-state index is -4.37. The van der Waals surface area contributed by atoms with Gasteiger partial charge in [0.1, 0.15) is 33.2 Å². The molecule has 0 radical (unpaired) electrons. The van der Waals surface area contributed by atoms with Gasteiger partial charge >= 0.3 is 36.0 Å². The number of urea groups is 1. The van der Waals surface area contributed by atoms with E-state index in [9.17, 15) is 41.3 Å². The Labute approximate surface area is 345 Å². The van der Waals surface area contributed by atoms with E-state index in [0.29, 0.717) is 10.5 Å². The maximum atomic E-state index is 14.3. The largest absolute Gasteiger partial charge is 0.489 e. The second kappa shape index (κ2) is 20.6. The number of aromatic carboxylic acids is 1. The summed E-state index contributed by atoms with van der Waals surface area (Å²) in [6, 6.07) is 1.15. The number of carboxylic acids is 2. The van der Waals surface area contributed by atoms with Crippen molar-refractivity contribution in [3.8, 4) is 11.8 Å². The van der Waals surface area contributed by atoms with Crippen LogP contribution in [0.1, 0.15) is 61.4 Å². The van der Waals surface area contributed by atoms with E-state index < -0.39 is 69.0 Å². The van der Waals surface area contributed by atoms with Gasteiger partial charge in [-0.15, -0.1) is 11.3 Å². The number of halogens is 2. The average molecular weight is 908 g/mol. The smallest absolute Gasteiger partial charge is 0.427 e. The molecule has 1 saturated carbocycles. The van der Waals surface area contributed by atoms with Crippen LogP contribution in [0.5, 0.6) is 11.8 Å². The summed E-state index contributed by atoms with van der Waals surface area (Å²) in [7, 11) is -6.16. The van der Waals surface area contributed by atoms with Crippen molar-refractivity contribution in [2.45, 2.75) is 69.9 Å². The number of carbonyl (C=O) groups excluding carboxylic acids is 3. The number of carbonyl (C=O) groups is 5. The van der Waals surface area contributed by atoms with Gasteiger partial charge < -0.3 is 35.1 Å². The van der Waals surface area contributed by atoms with Crippen molar-refractivity contribution in [2.24, 2.45) is 5.73 Å². The minimum absolute atomic E-state index is 0.00962. The van der Waals surface area contributed by atoms with Crippen molar-refractivity contribution in [1.29, 1.82) is 0 Å². The van der Waals surface area contributed by atoms with E-state index in [4.69, 9.17) is 46.7 Å². The van der Waals surface area contributed by atoms with Crippen LogP contribution in [-0.2, 0) is 28.9 Å². The molecule has 4 amide bonds. The number of benzene rings is 1. The maximum Gasteiger partial charge on any atom is 0.427 e. The first-order valence-corrected chi connectivity index (χ1v) is 22.1. The molecule has 1 aliphatic heterocycles. The van der Waals surface area contributed by atoms with Gasteiger partial charge in [-0.3, -0.25) is 19.5 Å². The zero-order chi connectivity index (χ0) is 44.4. The molecule has 2 unspecified atom stereocenters. The Balaban J connectivity index is 0.000000254. The molecule has 322 valence electrons. The predicted molar refractivity (Wildman–Crippen MR) is 209 cm³/mol. The molecule has 0 bridgehead atoms. The Morgan fingerprint density at radius 1 is 1.17 bits per heavy atom. The zero-order valence-corrected chi connectivity index (χ0v) is 35.2. The number of allylic oxidation sites excluding steroid dienone is 1. The molecule has 1 saturated heterocycles. The number of nitrogens with two attached hydrogens (primary N) is 1. The molecule has 2 atom stereocenters. The fraction of sp³-hybridized carbons (Fsp3) is 0.394. The van der Waals surface area contributed by atoms with Crippen molar-refractivity contribution in [2.75, 3.05) is 30.2 Å². The van der Waals surface area contributed by atoms with Crippen LogP contribution >= 0.6 is 30.3 Å². The number of sulfonamides is 1. The van der Waals surface area contributed by atoms with E-state index >= 15 is 0 Å². The maximum absolute atomic E-state index is 14.3. The topological polar surface area (TPSA) is 317 Å². The van der Waals surface area contributed by atoms with E-state index in [1.54, 1.807) is 18.6 Å². The number of hydrogen-bond acceptors (Lipinski definition) is 16. The molecule has 3 heterocycles. The predicted octanol–water partition coefficient (Wildman–Crippen LogP) is 4.72. The molecule has 2 aliphatic rings. The fourth-order valence-corrected chi connectivity index (χ4v) is 8.05. The van der Waals surface area contributed by atoms with Crippen molar-refractivity contribution in [3.63, 3.8) is 0 Å². The number of ether oxygens (including phenoxy) is 3. The SMILES string of the molecule is CC(C)=C1OC(=O)N(c2cc(OC3CCCC3)c(Cl)cc2F)C1=O.COc1nc(C)nc(NC(=O)NS(=O)(=O)c2ccsc2C(=O)O)n1.CP(=O)(O)CCC(N)C(=O)O. The highest BCUT2D eigenvalue weighted by Gasteiger charge is 2.40. The summed E-state index contributed by atoms with van der Waals surface area (Å²) in [5.74, 6) is -3.87. The fourth-order valence-electron chi connectivity index (χ4n) is 4.93. The van der Waals surface area contributed by atoms with Crippen LogP contribution in [0.4, 0.5) is 25.6 Å². The minimum Gasteiger partial charge on any atom is -0.489 e. The number of aromatic nitrogens is 3. The molecular formula is C33H40ClFN7O14PS2. The Bertz CT molecular complexity index is 2280. The number of thiophene rings is 1. The van der Waals surface area contributed by atoms with Crippen LogP contribution in [0.25, 0.3) is 0 Å². The first kappa shape index (κ1) is 48.1.